The van der Waals surface area contributed by atoms with Crippen LogP contribution in [-0.4, -0.2) is 38.7 Å². The second-order valence-corrected chi connectivity index (χ2v) is 4.35. The average molecular weight is 251 g/mol. The summed E-state index contributed by atoms with van der Waals surface area (Å²) in [7, 11) is 5.36. The molecule has 0 heterocycles. The molecule has 1 atom stereocenters. The Morgan fingerprint density at radius 2 is 2.06 bits per heavy atom. The number of nitrogens with zero attached hydrogens (tertiary/aromatic N) is 1. The first-order chi connectivity index (χ1) is 8.51. The Bertz CT molecular complexity index is 416. The molecule has 1 aromatic rings. The second-order valence-electron chi connectivity index (χ2n) is 4.35. The molecule has 4 nitrogen and oxygen atoms in total. The lowest BCUT2D eigenvalue weighted by Gasteiger charge is -2.23. The first-order valence-corrected chi connectivity index (χ1v) is 5.98. The van der Waals surface area contributed by atoms with Crippen molar-refractivity contribution in [3.05, 3.63) is 29.3 Å². The van der Waals surface area contributed by atoms with Gasteiger partial charge in [0, 0.05) is 0 Å². The summed E-state index contributed by atoms with van der Waals surface area (Å²) in [4.78, 5) is 13.8. The number of carbonyl (C=O) groups is 1. The van der Waals surface area contributed by atoms with Crippen LogP contribution in [0.5, 0.6) is 5.75 Å². The fourth-order valence-electron chi connectivity index (χ4n) is 1.94. The number of likely N-dealkylation sites (N-methyl/N-ethyl adjacent to an activating group) is 1. The van der Waals surface area contributed by atoms with Gasteiger partial charge in [0.15, 0.2) is 0 Å². The Labute approximate surface area is 108 Å². The van der Waals surface area contributed by atoms with Crippen LogP contribution >= 0.6 is 0 Å². The predicted molar refractivity (Wildman–Crippen MR) is 70.8 cm³/mol. The van der Waals surface area contributed by atoms with E-state index in [0.717, 1.165) is 16.9 Å². The molecule has 0 amide bonds. The highest BCUT2D eigenvalue weighted by Crippen LogP contribution is 2.25. The van der Waals surface area contributed by atoms with Crippen LogP contribution in [0.15, 0.2) is 18.2 Å². The molecule has 1 rings (SSSR count). The van der Waals surface area contributed by atoms with E-state index in [1.165, 1.54) is 0 Å². The van der Waals surface area contributed by atoms with Gasteiger partial charge in [-0.05, 0) is 45.1 Å². The monoisotopic (exact) mass is 251 g/mol. The summed E-state index contributed by atoms with van der Waals surface area (Å²) in [5, 5.41) is 0. The molecule has 1 unspecified atom stereocenters. The standard InChI is InChI=1S/C14H21NO3/c1-6-18-14(16)13(15(3)4)11-7-8-12(17-5)10(2)9-11/h7-9,13H,6H2,1-5H3. The van der Waals surface area contributed by atoms with Gasteiger partial charge in [-0.1, -0.05) is 12.1 Å². The maximum Gasteiger partial charge on any atom is 0.327 e. The largest absolute Gasteiger partial charge is 0.496 e. The van der Waals surface area contributed by atoms with Gasteiger partial charge in [-0.25, -0.2) is 4.79 Å². The molecule has 0 saturated heterocycles. The average Bonchev–Trinajstić information content (AvgIpc) is 2.29. The van der Waals surface area contributed by atoms with E-state index in [4.69, 9.17) is 9.47 Å². The van der Waals surface area contributed by atoms with Crippen LogP contribution in [0.4, 0.5) is 0 Å². The van der Waals surface area contributed by atoms with Crippen LogP contribution in [0.2, 0.25) is 0 Å². The van der Waals surface area contributed by atoms with Crippen molar-refractivity contribution in [3.63, 3.8) is 0 Å². The molecule has 0 radical (unpaired) electrons. The molecule has 0 aliphatic heterocycles. The van der Waals surface area contributed by atoms with Gasteiger partial charge in [-0.2, -0.15) is 0 Å². The van der Waals surface area contributed by atoms with E-state index >= 15 is 0 Å². The first kappa shape index (κ1) is 14.5. The molecule has 1 aromatic carbocycles. The van der Waals surface area contributed by atoms with Crippen LogP contribution in [0.3, 0.4) is 0 Å². The molecule has 100 valence electrons. The van der Waals surface area contributed by atoms with Crippen LogP contribution in [0.1, 0.15) is 24.1 Å². The van der Waals surface area contributed by atoms with Crippen molar-refractivity contribution in [2.45, 2.75) is 19.9 Å². The molecule has 0 bridgehead atoms. The van der Waals surface area contributed by atoms with Gasteiger partial charge in [0.05, 0.1) is 13.7 Å². The Morgan fingerprint density at radius 3 is 2.50 bits per heavy atom. The Balaban J connectivity index is 3.06. The van der Waals surface area contributed by atoms with Gasteiger partial charge in [0.2, 0.25) is 0 Å². The minimum atomic E-state index is -0.380. The molecular weight excluding hydrogens is 230 g/mol. The highest BCUT2D eigenvalue weighted by atomic mass is 16.5. The molecule has 0 N–H and O–H groups in total. The van der Waals surface area contributed by atoms with Crippen LogP contribution < -0.4 is 4.74 Å². The van der Waals surface area contributed by atoms with Crippen LogP contribution in [0, 0.1) is 6.92 Å². The van der Waals surface area contributed by atoms with Gasteiger partial charge in [0.25, 0.3) is 0 Å². The number of hydrogen-bond acceptors (Lipinski definition) is 4. The number of carbonyl (C=O) groups excluding carboxylic acids is 1. The van der Waals surface area contributed by atoms with E-state index in [-0.39, 0.29) is 12.0 Å². The molecular formula is C14H21NO3. The molecule has 0 saturated carbocycles. The quantitative estimate of drug-likeness (QED) is 0.752. The molecule has 0 aliphatic rings. The van der Waals surface area contributed by atoms with E-state index in [1.807, 2.05) is 51.0 Å². The molecule has 4 heteroatoms. The topological polar surface area (TPSA) is 38.8 Å². The van der Waals surface area contributed by atoms with E-state index in [2.05, 4.69) is 0 Å². The third kappa shape index (κ3) is 3.23. The zero-order chi connectivity index (χ0) is 13.7. The van der Waals surface area contributed by atoms with E-state index in [0.29, 0.717) is 6.61 Å². The summed E-state index contributed by atoms with van der Waals surface area (Å²) >= 11 is 0. The number of aryl methyl sites for hydroxylation is 1. The molecule has 0 spiro atoms. The van der Waals surface area contributed by atoms with E-state index in [9.17, 15) is 4.79 Å². The number of benzene rings is 1. The Morgan fingerprint density at radius 1 is 1.39 bits per heavy atom. The predicted octanol–water partition coefficient (Wildman–Crippen LogP) is 2.17. The first-order valence-electron chi connectivity index (χ1n) is 5.98. The lowest BCUT2D eigenvalue weighted by Crippen LogP contribution is -2.29. The van der Waals surface area contributed by atoms with Crippen molar-refractivity contribution in [1.82, 2.24) is 4.90 Å². The van der Waals surface area contributed by atoms with Gasteiger partial charge >= 0.3 is 5.97 Å². The summed E-state index contributed by atoms with van der Waals surface area (Å²) in [5.41, 5.74) is 1.92. The Hall–Kier alpha value is -1.55. The van der Waals surface area contributed by atoms with Crippen molar-refractivity contribution < 1.29 is 14.3 Å². The maximum atomic E-state index is 12.0. The zero-order valence-corrected chi connectivity index (χ0v) is 11.7. The van der Waals surface area contributed by atoms with Crippen molar-refractivity contribution in [3.8, 4) is 5.75 Å². The van der Waals surface area contributed by atoms with Crippen molar-refractivity contribution in [2.24, 2.45) is 0 Å². The van der Waals surface area contributed by atoms with Crippen molar-refractivity contribution in [1.29, 1.82) is 0 Å². The lowest BCUT2D eigenvalue weighted by atomic mass is 10.0. The van der Waals surface area contributed by atoms with Gasteiger partial charge in [0.1, 0.15) is 11.8 Å². The number of ether oxygens (including phenoxy) is 2. The van der Waals surface area contributed by atoms with Crippen molar-refractivity contribution >= 4 is 5.97 Å². The summed E-state index contributed by atoms with van der Waals surface area (Å²) in [6, 6.07) is 5.35. The van der Waals surface area contributed by atoms with Crippen molar-refractivity contribution in [2.75, 3.05) is 27.8 Å². The van der Waals surface area contributed by atoms with Gasteiger partial charge in [-0.15, -0.1) is 0 Å². The fourth-order valence-corrected chi connectivity index (χ4v) is 1.94. The minimum absolute atomic E-state index is 0.230. The lowest BCUT2D eigenvalue weighted by molar-refractivity contribution is -0.148. The van der Waals surface area contributed by atoms with Gasteiger partial charge < -0.3 is 9.47 Å². The normalized spacial score (nSPS) is 12.3. The third-order valence-electron chi connectivity index (χ3n) is 2.76. The summed E-state index contributed by atoms with van der Waals surface area (Å²) in [6.07, 6.45) is 0. The molecule has 0 fully saturated rings. The van der Waals surface area contributed by atoms with Crippen LogP contribution in [-0.2, 0) is 9.53 Å². The third-order valence-corrected chi connectivity index (χ3v) is 2.76. The van der Waals surface area contributed by atoms with Gasteiger partial charge in [-0.3, -0.25) is 4.90 Å². The molecule has 0 aliphatic carbocycles. The number of esters is 1. The summed E-state index contributed by atoms with van der Waals surface area (Å²) < 4.78 is 10.3. The van der Waals surface area contributed by atoms with E-state index < -0.39 is 0 Å². The minimum Gasteiger partial charge on any atom is -0.496 e. The maximum absolute atomic E-state index is 12.0. The zero-order valence-electron chi connectivity index (χ0n) is 11.7. The fraction of sp³-hybridized carbons (Fsp3) is 0.500. The highest BCUT2D eigenvalue weighted by Gasteiger charge is 2.24. The number of rotatable bonds is 5. The Kier molecular flexibility index (Phi) is 5.16. The van der Waals surface area contributed by atoms with Crippen LogP contribution in [0.25, 0.3) is 0 Å². The second kappa shape index (κ2) is 6.40. The highest BCUT2D eigenvalue weighted by molar-refractivity contribution is 5.77. The smallest absolute Gasteiger partial charge is 0.327 e. The number of methoxy groups -OCH3 is 1. The summed E-state index contributed by atoms with van der Waals surface area (Å²) in [5.74, 6) is 0.590. The van der Waals surface area contributed by atoms with E-state index in [1.54, 1.807) is 7.11 Å². The molecule has 0 aromatic heterocycles. The molecule has 18 heavy (non-hydrogen) atoms. The SMILES string of the molecule is CCOC(=O)C(c1ccc(OC)c(C)c1)N(C)C. The summed E-state index contributed by atoms with van der Waals surface area (Å²) in [6.45, 7) is 4.16. The number of hydrogen-bond donors (Lipinski definition) is 0.